The Labute approximate surface area is 100 Å². The zero-order valence-electron chi connectivity index (χ0n) is 9.05. The molecule has 0 spiro atoms. The molecule has 0 aliphatic heterocycles. The quantitative estimate of drug-likeness (QED) is 0.484. The van der Waals surface area contributed by atoms with Crippen molar-refractivity contribution in [2.24, 2.45) is 0 Å². The van der Waals surface area contributed by atoms with E-state index >= 15 is 0 Å². The van der Waals surface area contributed by atoms with Gasteiger partial charge < -0.3 is 10.5 Å². The predicted molar refractivity (Wildman–Crippen MR) is 60.0 cm³/mol. The van der Waals surface area contributed by atoms with Gasteiger partial charge in [-0.2, -0.15) is 13.2 Å². The summed E-state index contributed by atoms with van der Waals surface area (Å²) in [5, 5.41) is 16.5. The van der Waals surface area contributed by atoms with E-state index in [9.17, 15) is 22.7 Å². The molecule has 0 saturated carbocycles. The second-order valence-electron chi connectivity index (χ2n) is 3.35. The fourth-order valence-electron chi connectivity index (χ4n) is 1.35. The summed E-state index contributed by atoms with van der Waals surface area (Å²) < 4.78 is 50.6. The smallest absolute Gasteiger partial charge is 0.419 e. The molecule has 1 rings (SSSR count). The van der Waals surface area contributed by atoms with Crippen molar-refractivity contribution in [1.29, 1.82) is 5.41 Å². The van der Waals surface area contributed by atoms with Gasteiger partial charge in [-0.15, -0.1) is 0 Å². The highest BCUT2D eigenvalue weighted by Crippen LogP contribution is 2.36. The van der Waals surface area contributed by atoms with E-state index in [-0.39, 0.29) is 11.1 Å². The molecule has 1 aromatic rings. The first-order chi connectivity index (χ1) is 8.31. The number of allylic oxidation sites excluding steroid dienone is 3. The molecular formula is C12H9F4NO. The summed E-state index contributed by atoms with van der Waals surface area (Å²) in [5.74, 6) is -2.23. The number of phenolic OH excluding ortho intramolecular Hbond substituents is 1. The molecule has 0 aliphatic carbocycles. The molecule has 0 atom stereocenters. The molecule has 0 amide bonds. The van der Waals surface area contributed by atoms with Gasteiger partial charge in [0.05, 0.1) is 5.56 Å². The first kappa shape index (κ1) is 14.0. The third-order valence-electron chi connectivity index (χ3n) is 2.15. The number of halogens is 4. The maximum atomic E-state index is 13.1. The number of benzene rings is 1. The van der Waals surface area contributed by atoms with Gasteiger partial charge in [-0.1, -0.05) is 18.7 Å². The van der Waals surface area contributed by atoms with E-state index < -0.39 is 23.3 Å². The monoisotopic (exact) mass is 259 g/mol. The number of hydrogen-bond acceptors (Lipinski definition) is 2. The van der Waals surface area contributed by atoms with Gasteiger partial charge in [-0.05, 0) is 6.07 Å². The highest BCUT2D eigenvalue weighted by Gasteiger charge is 2.35. The zero-order chi connectivity index (χ0) is 13.9. The highest BCUT2D eigenvalue weighted by atomic mass is 19.4. The second kappa shape index (κ2) is 5.03. The molecule has 2 nitrogen and oxygen atoms in total. The zero-order valence-corrected chi connectivity index (χ0v) is 9.05. The van der Waals surface area contributed by atoms with Crippen molar-refractivity contribution >= 4 is 11.8 Å². The first-order valence-electron chi connectivity index (χ1n) is 4.74. The summed E-state index contributed by atoms with van der Waals surface area (Å²) in [7, 11) is 0. The van der Waals surface area contributed by atoms with Crippen LogP contribution in [0.2, 0.25) is 0 Å². The molecule has 96 valence electrons. The molecule has 18 heavy (non-hydrogen) atoms. The van der Waals surface area contributed by atoms with Gasteiger partial charge >= 0.3 is 6.18 Å². The lowest BCUT2D eigenvalue weighted by Crippen LogP contribution is -2.09. The minimum atomic E-state index is -4.87. The Hall–Kier alpha value is -2.11. The van der Waals surface area contributed by atoms with E-state index in [2.05, 4.69) is 6.58 Å². The predicted octanol–water partition coefficient (Wildman–Crippen LogP) is 3.77. The van der Waals surface area contributed by atoms with Gasteiger partial charge in [0.15, 0.2) is 0 Å². The summed E-state index contributed by atoms with van der Waals surface area (Å²) in [6.07, 6.45) is -1.64. The lowest BCUT2D eigenvalue weighted by Gasteiger charge is -2.12. The van der Waals surface area contributed by atoms with Crippen LogP contribution in [0, 0.1) is 11.2 Å². The van der Waals surface area contributed by atoms with E-state index in [4.69, 9.17) is 5.41 Å². The lowest BCUT2D eigenvalue weighted by atomic mass is 10.0. The standard InChI is InChI=1S/C12H9F4NO/c1-2-3-7(6-17)8-4-9(12(14,15)16)10(13)5-11(8)18/h2-6,17-18H,1H2/b7-3+,17-6?. The average Bonchev–Trinajstić information content (AvgIpc) is 2.25. The molecular weight excluding hydrogens is 250 g/mol. The van der Waals surface area contributed by atoms with Crippen LogP contribution in [0.4, 0.5) is 17.6 Å². The highest BCUT2D eigenvalue weighted by molar-refractivity contribution is 6.09. The van der Waals surface area contributed by atoms with E-state index in [1.807, 2.05) is 0 Å². The van der Waals surface area contributed by atoms with Gasteiger partial charge in [0, 0.05) is 23.4 Å². The molecule has 6 heteroatoms. The fourth-order valence-corrected chi connectivity index (χ4v) is 1.35. The number of aromatic hydroxyl groups is 1. The summed E-state index contributed by atoms with van der Waals surface area (Å²) >= 11 is 0. The van der Waals surface area contributed by atoms with E-state index in [0.717, 1.165) is 6.21 Å². The van der Waals surface area contributed by atoms with Crippen molar-refractivity contribution in [3.8, 4) is 5.75 Å². The molecule has 0 bridgehead atoms. The van der Waals surface area contributed by atoms with Crippen molar-refractivity contribution in [2.75, 3.05) is 0 Å². The Morgan fingerprint density at radius 3 is 2.39 bits per heavy atom. The molecule has 0 aliphatic rings. The van der Waals surface area contributed by atoms with E-state index in [0.29, 0.717) is 12.1 Å². The maximum Gasteiger partial charge on any atom is 0.419 e. The molecule has 0 aromatic heterocycles. The largest absolute Gasteiger partial charge is 0.507 e. The van der Waals surface area contributed by atoms with Crippen molar-refractivity contribution in [3.05, 3.63) is 47.8 Å². The van der Waals surface area contributed by atoms with Crippen LogP contribution in [0.15, 0.2) is 30.9 Å². The van der Waals surface area contributed by atoms with E-state index in [1.165, 1.54) is 12.2 Å². The van der Waals surface area contributed by atoms with Crippen LogP contribution in [0.25, 0.3) is 5.57 Å². The van der Waals surface area contributed by atoms with Crippen LogP contribution in [-0.2, 0) is 6.18 Å². The number of nitrogens with one attached hydrogen (secondary N) is 1. The topological polar surface area (TPSA) is 44.1 Å². The number of phenols is 1. The average molecular weight is 259 g/mol. The Kier molecular flexibility index (Phi) is 3.90. The minimum Gasteiger partial charge on any atom is -0.507 e. The van der Waals surface area contributed by atoms with Crippen LogP contribution in [0.5, 0.6) is 5.75 Å². The molecule has 0 radical (unpaired) electrons. The molecule has 0 unspecified atom stereocenters. The first-order valence-corrected chi connectivity index (χ1v) is 4.74. The van der Waals surface area contributed by atoms with Crippen molar-refractivity contribution in [3.63, 3.8) is 0 Å². The third-order valence-corrected chi connectivity index (χ3v) is 2.15. The molecule has 1 aromatic carbocycles. The lowest BCUT2D eigenvalue weighted by molar-refractivity contribution is -0.140. The number of rotatable bonds is 3. The summed E-state index contributed by atoms with van der Waals surface area (Å²) in [4.78, 5) is 0. The fraction of sp³-hybridized carbons (Fsp3) is 0.0833. The molecule has 0 heterocycles. The SMILES string of the molecule is C=C/C=C(\C=N)c1cc(C(F)(F)F)c(F)cc1O. The second-order valence-corrected chi connectivity index (χ2v) is 3.35. The van der Waals surface area contributed by atoms with Gasteiger partial charge in [0.25, 0.3) is 0 Å². The van der Waals surface area contributed by atoms with E-state index in [1.54, 1.807) is 0 Å². The Morgan fingerprint density at radius 2 is 1.94 bits per heavy atom. The third kappa shape index (κ3) is 2.77. The number of alkyl halides is 3. The Bertz CT molecular complexity index is 518. The van der Waals surface area contributed by atoms with Crippen molar-refractivity contribution in [2.45, 2.75) is 6.18 Å². The van der Waals surface area contributed by atoms with Gasteiger partial charge in [-0.25, -0.2) is 4.39 Å². The Morgan fingerprint density at radius 1 is 1.33 bits per heavy atom. The van der Waals surface area contributed by atoms with Crippen molar-refractivity contribution in [1.82, 2.24) is 0 Å². The van der Waals surface area contributed by atoms with Crippen LogP contribution in [-0.4, -0.2) is 11.3 Å². The molecule has 2 N–H and O–H groups in total. The van der Waals surface area contributed by atoms with Gasteiger partial charge in [0.2, 0.25) is 0 Å². The summed E-state index contributed by atoms with van der Waals surface area (Å²) in [6, 6.07) is 0.837. The van der Waals surface area contributed by atoms with Crippen molar-refractivity contribution < 1.29 is 22.7 Å². The maximum absolute atomic E-state index is 13.1. The Balaban J connectivity index is 3.51. The van der Waals surface area contributed by atoms with Crippen LogP contribution in [0.3, 0.4) is 0 Å². The normalized spacial score (nSPS) is 12.3. The molecule has 0 saturated heterocycles. The van der Waals surface area contributed by atoms with Gasteiger partial charge in [-0.3, -0.25) is 0 Å². The van der Waals surface area contributed by atoms with Crippen LogP contribution >= 0.6 is 0 Å². The summed E-state index contributed by atoms with van der Waals surface area (Å²) in [6.45, 7) is 3.33. The van der Waals surface area contributed by atoms with Gasteiger partial charge in [0.1, 0.15) is 11.6 Å². The minimum absolute atomic E-state index is 0.00648. The van der Waals surface area contributed by atoms with Crippen LogP contribution in [0.1, 0.15) is 11.1 Å². The molecule has 0 fully saturated rings. The summed E-state index contributed by atoms with van der Waals surface area (Å²) in [5.41, 5.74) is -1.78. The van der Waals surface area contributed by atoms with Crippen LogP contribution < -0.4 is 0 Å². The number of hydrogen-bond donors (Lipinski definition) is 2.